The average Bonchev–Trinajstić information content (AvgIpc) is 3.71. The van der Waals surface area contributed by atoms with Crippen LogP contribution in [0.5, 0.6) is 0 Å². The third-order valence-corrected chi connectivity index (χ3v) is 9.82. The molecule has 0 aliphatic rings. The highest BCUT2D eigenvalue weighted by molar-refractivity contribution is 6.12. The molecule has 10 aromatic rings. The van der Waals surface area contributed by atoms with E-state index < -0.39 is 0 Å². The van der Waals surface area contributed by atoms with Crippen LogP contribution in [-0.4, -0.2) is 19.1 Å². The molecule has 0 aliphatic heterocycles. The summed E-state index contributed by atoms with van der Waals surface area (Å²) in [5, 5.41) is 4.84. The predicted octanol–water partition coefficient (Wildman–Crippen LogP) is 11.7. The molecule has 0 saturated carbocycles. The number of aromatic nitrogens is 4. The first kappa shape index (κ1) is 28.3. The number of nitrogens with zero attached hydrogens (tertiary/aromatic N) is 4. The van der Waals surface area contributed by atoms with Gasteiger partial charge in [-0.1, -0.05) is 127 Å². The molecule has 4 nitrogen and oxygen atoms in total. The minimum atomic E-state index is 0.655. The summed E-state index contributed by atoms with van der Waals surface area (Å²) in [6.07, 6.45) is 1.86. The Morgan fingerprint density at radius 1 is 0.340 bits per heavy atom. The maximum Gasteiger partial charge on any atom is 0.235 e. The second-order valence-corrected chi connectivity index (χ2v) is 12.7. The van der Waals surface area contributed by atoms with Gasteiger partial charge in [0.1, 0.15) is 0 Å². The molecule has 0 bridgehead atoms. The van der Waals surface area contributed by atoms with Gasteiger partial charge < -0.3 is 4.57 Å². The topological polar surface area (TPSA) is 35.6 Å². The van der Waals surface area contributed by atoms with E-state index in [0.29, 0.717) is 5.95 Å². The summed E-state index contributed by atoms with van der Waals surface area (Å²) < 4.78 is 4.56. The van der Waals surface area contributed by atoms with Gasteiger partial charge >= 0.3 is 0 Å². The molecule has 0 saturated heterocycles. The molecule has 0 spiro atoms. The van der Waals surface area contributed by atoms with E-state index in [1.165, 1.54) is 54.8 Å². The van der Waals surface area contributed by atoms with Crippen molar-refractivity contribution < 1.29 is 0 Å². The first-order valence-electron chi connectivity index (χ1n) is 16.9. The molecule has 0 fully saturated rings. The zero-order valence-corrected chi connectivity index (χ0v) is 27.1. The SMILES string of the molecule is c1ccc(-c2ccc(-c3ccnc(-n4c5ccccc5c5cc(-c6ccc7c8ccccc8n(-c8ccccc8)c7c6)ccc54)n3)cc2)cc1. The van der Waals surface area contributed by atoms with Gasteiger partial charge in [-0.15, -0.1) is 0 Å². The fourth-order valence-electron chi connectivity index (χ4n) is 7.45. The maximum absolute atomic E-state index is 5.11. The number of fused-ring (bicyclic) bond motifs is 6. The van der Waals surface area contributed by atoms with Gasteiger partial charge in [-0.3, -0.25) is 4.57 Å². The second kappa shape index (κ2) is 11.4. The summed E-state index contributed by atoms with van der Waals surface area (Å²) in [6.45, 7) is 0. The van der Waals surface area contributed by atoms with Crippen molar-refractivity contribution in [2.45, 2.75) is 0 Å². The third kappa shape index (κ3) is 4.54. The van der Waals surface area contributed by atoms with Crippen LogP contribution in [0, 0.1) is 0 Å². The highest BCUT2D eigenvalue weighted by atomic mass is 15.2. The molecule has 0 aliphatic carbocycles. The standard InChI is InChI=1S/C46H30N4/c1-3-11-31(12-4-1)32-19-21-33(22-20-32)41-27-28-47-46(48-41)50-43-18-10-8-16-38(43)40-29-34(24-26-44(40)50)35-23-25-39-37-15-7-9-17-42(37)49(45(39)30-35)36-13-5-2-6-14-36/h1-30H. The van der Waals surface area contributed by atoms with Crippen LogP contribution in [0.2, 0.25) is 0 Å². The molecule has 4 heteroatoms. The fourth-order valence-corrected chi connectivity index (χ4v) is 7.45. The summed E-state index contributed by atoms with van der Waals surface area (Å²) in [7, 11) is 0. The fraction of sp³-hybridized carbons (Fsp3) is 0. The van der Waals surface area contributed by atoms with Crippen LogP contribution in [0.1, 0.15) is 0 Å². The van der Waals surface area contributed by atoms with Crippen molar-refractivity contribution in [3.05, 3.63) is 182 Å². The molecule has 0 radical (unpaired) electrons. The lowest BCUT2D eigenvalue weighted by Gasteiger charge is -2.10. The Bertz CT molecular complexity index is 2850. The summed E-state index contributed by atoms with van der Waals surface area (Å²) >= 11 is 0. The van der Waals surface area contributed by atoms with E-state index in [2.05, 4.69) is 173 Å². The molecular formula is C46H30N4. The van der Waals surface area contributed by atoms with Crippen molar-refractivity contribution in [3.63, 3.8) is 0 Å². The minimum Gasteiger partial charge on any atom is -0.309 e. The third-order valence-electron chi connectivity index (χ3n) is 9.82. The Labute approximate surface area is 289 Å². The normalized spacial score (nSPS) is 11.6. The van der Waals surface area contributed by atoms with Crippen molar-refractivity contribution in [3.8, 4) is 45.1 Å². The summed E-state index contributed by atoms with van der Waals surface area (Å²) in [6, 6.07) is 62.5. The number of hydrogen-bond acceptors (Lipinski definition) is 2. The number of rotatable bonds is 5. The second-order valence-electron chi connectivity index (χ2n) is 12.7. The lowest BCUT2D eigenvalue weighted by atomic mass is 10.0. The molecule has 234 valence electrons. The van der Waals surface area contributed by atoms with Gasteiger partial charge in [0.2, 0.25) is 5.95 Å². The monoisotopic (exact) mass is 638 g/mol. The van der Waals surface area contributed by atoms with E-state index in [1.54, 1.807) is 0 Å². The van der Waals surface area contributed by atoms with Crippen molar-refractivity contribution >= 4 is 43.6 Å². The van der Waals surface area contributed by atoms with Crippen molar-refractivity contribution in [2.24, 2.45) is 0 Å². The van der Waals surface area contributed by atoms with Crippen molar-refractivity contribution in [2.75, 3.05) is 0 Å². The zero-order chi connectivity index (χ0) is 33.0. The van der Waals surface area contributed by atoms with Gasteiger partial charge in [-0.25, -0.2) is 9.97 Å². The van der Waals surface area contributed by atoms with Gasteiger partial charge in [-0.2, -0.15) is 0 Å². The predicted molar refractivity (Wildman–Crippen MR) is 207 cm³/mol. The van der Waals surface area contributed by atoms with E-state index in [4.69, 9.17) is 9.97 Å². The maximum atomic E-state index is 5.11. The van der Waals surface area contributed by atoms with Gasteiger partial charge in [0, 0.05) is 39.0 Å². The Morgan fingerprint density at radius 3 is 1.66 bits per heavy atom. The van der Waals surface area contributed by atoms with Gasteiger partial charge in [-0.05, 0) is 70.8 Å². The first-order valence-corrected chi connectivity index (χ1v) is 16.9. The molecule has 0 atom stereocenters. The van der Waals surface area contributed by atoms with E-state index >= 15 is 0 Å². The highest BCUT2D eigenvalue weighted by Gasteiger charge is 2.17. The number of hydrogen-bond donors (Lipinski definition) is 0. The molecule has 3 heterocycles. The summed E-state index contributed by atoms with van der Waals surface area (Å²) in [5.41, 5.74) is 12.4. The molecule has 7 aromatic carbocycles. The molecule has 10 rings (SSSR count). The first-order chi connectivity index (χ1) is 24.8. The van der Waals surface area contributed by atoms with Crippen LogP contribution >= 0.6 is 0 Å². The van der Waals surface area contributed by atoms with Crippen LogP contribution in [0.3, 0.4) is 0 Å². The number of para-hydroxylation sites is 3. The highest BCUT2D eigenvalue weighted by Crippen LogP contribution is 2.38. The summed E-state index contributed by atoms with van der Waals surface area (Å²) in [5.74, 6) is 0.655. The largest absolute Gasteiger partial charge is 0.309 e. The Balaban J connectivity index is 1.10. The van der Waals surface area contributed by atoms with Crippen LogP contribution in [0.25, 0.3) is 88.8 Å². The van der Waals surface area contributed by atoms with E-state index in [0.717, 1.165) is 28.0 Å². The van der Waals surface area contributed by atoms with Crippen LogP contribution in [0.15, 0.2) is 182 Å². The lowest BCUT2D eigenvalue weighted by molar-refractivity contribution is 0.992. The number of benzene rings is 7. The smallest absolute Gasteiger partial charge is 0.235 e. The average molecular weight is 639 g/mol. The van der Waals surface area contributed by atoms with Gasteiger partial charge in [0.05, 0.1) is 27.8 Å². The zero-order valence-electron chi connectivity index (χ0n) is 27.1. The summed E-state index contributed by atoms with van der Waals surface area (Å²) in [4.78, 5) is 9.91. The molecular weight excluding hydrogens is 609 g/mol. The van der Waals surface area contributed by atoms with E-state index in [-0.39, 0.29) is 0 Å². The van der Waals surface area contributed by atoms with Gasteiger partial charge in [0.15, 0.2) is 0 Å². The van der Waals surface area contributed by atoms with E-state index in [1.807, 2.05) is 18.3 Å². The van der Waals surface area contributed by atoms with Gasteiger partial charge in [0.25, 0.3) is 0 Å². The lowest BCUT2D eigenvalue weighted by Crippen LogP contribution is -2.01. The minimum absolute atomic E-state index is 0.655. The molecule has 0 N–H and O–H groups in total. The van der Waals surface area contributed by atoms with Crippen LogP contribution in [-0.2, 0) is 0 Å². The Hall–Kier alpha value is -6.78. The molecule has 50 heavy (non-hydrogen) atoms. The molecule has 3 aromatic heterocycles. The molecule has 0 unspecified atom stereocenters. The Morgan fingerprint density at radius 2 is 0.880 bits per heavy atom. The van der Waals surface area contributed by atoms with Crippen molar-refractivity contribution in [1.29, 1.82) is 0 Å². The van der Waals surface area contributed by atoms with Crippen LogP contribution < -0.4 is 0 Å². The molecule has 0 amide bonds. The van der Waals surface area contributed by atoms with E-state index in [9.17, 15) is 0 Å². The Kier molecular flexibility index (Phi) is 6.46. The quantitative estimate of drug-likeness (QED) is 0.188. The van der Waals surface area contributed by atoms with Crippen molar-refractivity contribution in [1.82, 2.24) is 19.1 Å². The van der Waals surface area contributed by atoms with Crippen LogP contribution in [0.4, 0.5) is 0 Å².